The fraction of sp³-hybridized carbons (Fsp3) is 0.778. The molecule has 4 rings (SSSR count). The fourth-order valence-corrected chi connectivity index (χ4v) is 4.73. The van der Waals surface area contributed by atoms with Crippen LogP contribution in [0.5, 0.6) is 0 Å². The molecule has 2 atom stereocenters. The van der Waals surface area contributed by atoms with Gasteiger partial charge in [-0.3, -0.25) is 9.89 Å². The summed E-state index contributed by atoms with van der Waals surface area (Å²) in [6.07, 6.45) is 13.0. The van der Waals surface area contributed by atoms with Crippen molar-refractivity contribution in [1.29, 1.82) is 0 Å². The Hall–Kier alpha value is -1.36. The predicted molar refractivity (Wildman–Crippen MR) is 87.2 cm³/mol. The van der Waals surface area contributed by atoms with Crippen molar-refractivity contribution in [3.05, 3.63) is 17.5 Å². The summed E-state index contributed by atoms with van der Waals surface area (Å²) in [7, 11) is 0. The number of rotatable bonds is 2. The van der Waals surface area contributed by atoms with Crippen molar-refractivity contribution in [2.45, 2.75) is 81.8 Å². The van der Waals surface area contributed by atoms with Crippen LogP contribution in [-0.4, -0.2) is 34.4 Å². The summed E-state index contributed by atoms with van der Waals surface area (Å²) in [5, 5.41) is 10.5. The smallest absolute Gasteiger partial charge is 0.227 e. The van der Waals surface area contributed by atoms with Crippen LogP contribution >= 0.6 is 0 Å². The van der Waals surface area contributed by atoms with Crippen LogP contribution in [0.1, 0.15) is 75.0 Å². The first-order valence-electron chi connectivity index (χ1n) is 9.22. The Balaban J connectivity index is 1.41. The summed E-state index contributed by atoms with van der Waals surface area (Å²) in [6, 6.07) is 0.270. The van der Waals surface area contributed by atoms with Crippen LogP contribution in [0.2, 0.25) is 0 Å². The van der Waals surface area contributed by atoms with Crippen LogP contribution in [0.15, 0.2) is 6.20 Å². The summed E-state index contributed by atoms with van der Waals surface area (Å²) in [6.45, 7) is 0.784. The number of hydrogen-bond acceptors (Lipinski definition) is 3. The number of aryl methyl sites for hydroxylation is 1. The van der Waals surface area contributed by atoms with Crippen molar-refractivity contribution in [3.63, 3.8) is 0 Å². The monoisotopic (exact) mass is 317 g/mol. The van der Waals surface area contributed by atoms with Crippen LogP contribution in [-0.2, 0) is 16.0 Å². The first-order chi connectivity index (χ1) is 11.3. The van der Waals surface area contributed by atoms with Gasteiger partial charge >= 0.3 is 0 Å². The van der Waals surface area contributed by atoms with Gasteiger partial charge < -0.3 is 10.1 Å². The summed E-state index contributed by atoms with van der Waals surface area (Å²) in [4.78, 5) is 12.8. The molecule has 5 heteroatoms. The second-order valence-electron chi connectivity index (χ2n) is 7.54. The number of hydrogen-bond donors (Lipinski definition) is 2. The Morgan fingerprint density at radius 1 is 1.26 bits per heavy atom. The highest BCUT2D eigenvalue weighted by atomic mass is 16.5. The van der Waals surface area contributed by atoms with Gasteiger partial charge in [0.15, 0.2) is 0 Å². The van der Waals surface area contributed by atoms with Crippen LogP contribution in [0.25, 0.3) is 0 Å². The van der Waals surface area contributed by atoms with Gasteiger partial charge in [-0.15, -0.1) is 0 Å². The molecule has 1 saturated carbocycles. The van der Waals surface area contributed by atoms with Crippen molar-refractivity contribution in [3.8, 4) is 0 Å². The van der Waals surface area contributed by atoms with Crippen molar-refractivity contribution in [2.24, 2.45) is 0 Å². The minimum Gasteiger partial charge on any atom is -0.375 e. The molecule has 2 unspecified atom stereocenters. The third kappa shape index (κ3) is 3.03. The van der Waals surface area contributed by atoms with E-state index in [1.165, 1.54) is 19.3 Å². The predicted octanol–water partition coefficient (Wildman–Crippen LogP) is 2.83. The minimum absolute atomic E-state index is 0.0253. The van der Waals surface area contributed by atoms with Crippen LogP contribution in [0, 0.1) is 0 Å². The molecule has 2 heterocycles. The zero-order chi connectivity index (χ0) is 15.7. The maximum Gasteiger partial charge on any atom is 0.227 e. The lowest BCUT2D eigenvalue weighted by Crippen LogP contribution is -2.50. The first kappa shape index (κ1) is 15.2. The number of ether oxygens (including phenoxy) is 1. The van der Waals surface area contributed by atoms with Crippen LogP contribution in [0.3, 0.4) is 0 Å². The molecule has 126 valence electrons. The highest BCUT2D eigenvalue weighted by Crippen LogP contribution is 2.39. The molecule has 1 amide bonds. The summed E-state index contributed by atoms with van der Waals surface area (Å²) in [5.41, 5.74) is 2.29. The van der Waals surface area contributed by atoms with E-state index in [4.69, 9.17) is 4.74 Å². The normalized spacial score (nSPS) is 29.9. The van der Waals surface area contributed by atoms with E-state index in [9.17, 15) is 4.79 Å². The van der Waals surface area contributed by atoms with E-state index in [0.717, 1.165) is 62.8 Å². The average molecular weight is 317 g/mol. The molecule has 3 aliphatic rings. The Morgan fingerprint density at radius 3 is 3.00 bits per heavy atom. The molecule has 5 nitrogen and oxygen atoms in total. The number of carbonyl (C=O) groups is 1. The van der Waals surface area contributed by atoms with Gasteiger partial charge in [0, 0.05) is 23.9 Å². The van der Waals surface area contributed by atoms with Gasteiger partial charge in [-0.25, -0.2) is 0 Å². The van der Waals surface area contributed by atoms with E-state index in [-0.39, 0.29) is 23.5 Å². The zero-order valence-electron chi connectivity index (χ0n) is 13.8. The highest BCUT2D eigenvalue weighted by molar-refractivity contribution is 5.84. The molecule has 1 aliphatic heterocycles. The molecular weight excluding hydrogens is 290 g/mol. The van der Waals surface area contributed by atoms with Gasteiger partial charge in [0.05, 0.1) is 17.7 Å². The number of nitrogens with zero attached hydrogens (tertiary/aromatic N) is 1. The highest BCUT2D eigenvalue weighted by Gasteiger charge is 2.39. The van der Waals surface area contributed by atoms with Crippen molar-refractivity contribution >= 4 is 5.91 Å². The maximum absolute atomic E-state index is 12.8. The van der Waals surface area contributed by atoms with Gasteiger partial charge in [-0.05, 0) is 44.9 Å². The fourth-order valence-electron chi connectivity index (χ4n) is 4.73. The Kier molecular flexibility index (Phi) is 4.14. The molecule has 1 aromatic heterocycles. The molecule has 23 heavy (non-hydrogen) atoms. The first-order valence-corrected chi connectivity index (χ1v) is 9.22. The van der Waals surface area contributed by atoms with E-state index in [1.807, 2.05) is 6.20 Å². The molecule has 2 aliphatic carbocycles. The number of aromatic nitrogens is 2. The standard InChI is InChI=1S/C18H27N3O2/c22-17(14-5-4-6-16-15(14)12-19-21-16)20-13-7-10-23-18(11-13)8-2-1-3-9-18/h12-14H,1-11H2,(H,19,21)(H,20,22). The Bertz CT molecular complexity index is 557. The van der Waals surface area contributed by atoms with Gasteiger partial charge in [-0.1, -0.05) is 19.3 Å². The summed E-state index contributed by atoms with van der Waals surface area (Å²) in [5.74, 6) is 0.160. The largest absolute Gasteiger partial charge is 0.375 e. The van der Waals surface area contributed by atoms with Crippen LogP contribution in [0.4, 0.5) is 0 Å². The van der Waals surface area contributed by atoms with E-state index in [1.54, 1.807) is 0 Å². The van der Waals surface area contributed by atoms with Gasteiger partial charge in [0.25, 0.3) is 0 Å². The molecule has 1 aromatic rings. The Morgan fingerprint density at radius 2 is 2.13 bits per heavy atom. The third-order valence-electron chi connectivity index (χ3n) is 5.97. The molecule has 1 saturated heterocycles. The van der Waals surface area contributed by atoms with E-state index in [2.05, 4.69) is 15.5 Å². The minimum atomic E-state index is -0.0253. The number of carbonyl (C=O) groups excluding carboxylic acids is 1. The molecule has 2 N–H and O–H groups in total. The number of H-pyrrole nitrogens is 1. The lowest BCUT2D eigenvalue weighted by molar-refractivity contribution is -0.130. The summed E-state index contributed by atoms with van der Waals surface area (Å²) >= 11 is 0. The Labute approximate surface area is 137 Å². The number of aromatic amines is 1. The molecule has 2 fully saturated rings. The average Bonchev–Trinajstić information content (AvgIpc) is 3.04. The maximum atomic E-state index is 12.8. The topological polar surface area (TPSA) is 67.0 Å². The van der Waals surface area contributed by atoms with Crippen molar-refractivity contribution in [1.82, 2.24) is 15.5 Å². The van der Waals surface area contributed by atoms with E-state index < -0.39 is 0 Å². The van der Waals surface area contributed by atoms with Crippen LogP contribution < -0.4 is 5.32 Å². The van der Waals surface area contributed by atoms with Crippen molar-refractivity contribution < 1.29 is 9.53 Å². The lowest BCUT2D eigenvalue weighted by Gasteiger charge is -2.44. The number of amides is 1. The SMILES string of the molecule is O=C(NC1CCOC2(CCCCC2)C1)C1CCCc2[nH]ncc21. The second-order valence-corrected chi connectivity index (χ2v) is 7.54. The van der Waals surface area contributed by atoms with E-state index >= 15 is 0 Å². The van der Waals surface area contributed by atoms with Gasteiger partial charge in [0.1, 0.15) is 0 Å². The van der Waals surface area contributed by atoms with E-state index in [0.29, 0.717) is 0 Å². The van der Waals surface area contributed by atoms with Crippen molar-refractivity contribution in [2.75, 3.05) is 6.61 Å². The second kappa shape index (κ2) is 6.27. The third-order valence-corrected chi connectivity index (χ3v) is 5.97. The summed E-state index contributed by atoms with van der Waals surface area (Å²) < 4.78 is 6.14. The number of nitrogens with one attached hydrogen (secondary N) is 2. The van der Waals surface area contributed by atoms with Gasteiger partial charge in [0.2, 0.25) is 5.91 Å². The lowest BCUT2D eigenvalue weighted by atomic mass is 9.78. The molecule has 1 spiro atoms. The molecule has 0 bridgehead atoms. The quantitative estimate of drug-likeness (QED) is 0.881. The molecular formula is C18H27N3O2. The zero-order valence-corrected chi connectivity index (χ0v) is 13.8. The molecule has 0 radical (unpaired) electrons. The molecule has 0 aromatic carbocycles. The van der Waals surface area contributed by atoms with Gasteiger partial charge in [-0.2, -0.15) is 5.10 Å². The number of fused-ring (bicyclic) bond motifs is 1.